The number of rotatable bonds is 2. The molecule has 3 N–H and O–H groups in total. The number of hydrogen-bond acceptors (Lipinski definition) is 3. The van der Waals surface area contributed by atoms with Gasteiger partial charge in [-0.15, -0.1) is 0 Å². The third-order valence-electron chi connectivity index (χ3n) is 4.60. The molecule has 1 aliphatic rings. The molecular weight excluding hydrogens is 298 g/mol. The Morgan fingerprint density at radius 3 is 2.79 bits per heavy atom. The molecule has 122 valence electrons. The molecule has 1 aliphatic heterocycles. The van der Waals surface area contributed by atoms with Crippen LogP contribution in [0.15, 0.2) is 36.4 Å². The number of fused-ring (bicyclic) bond motifs is 1. The maximum atomic E-state index is 6.04. The highest BCUT2D eigenvalue weighted by Gasteiger charge is 2.15. The normalized spacial score (nSPS) is 14.8. The number of anilines is 1. The summed E-state index contributed by atoms with van der Waals surface area (Å²) >= 11 is 0. The maximum Gasteiger partial charge on any atom is 0.104 e. The monoisotopic (exact) mass is 319 g/mol. The quantitative estimate of drug-likeness (QED) is 0.695. The average Bonchev–Trinajstić information content (AvgIpc) is 2.97. The van der Waals surface area contributed by atoms with Gasteiger partial charge in [-0.2, -0.15) is 0 Å². The molecule has 0 bridgehead atoms. The summed E-state index contributed by atoms with van der Waals surface area (Å²) in [5, 5.41) is 0. The summed E-state index contributed by atoms with van der Waals surface area (Å²) in [5.74, 6) is 0.922. The van der Waals surface area contributed by atoms with Crippen molar-refractivity contribution in [3.8, 4) is 11.1 Å². The molecular formula is C20H21N3O. The van der Waals surface area contributed by atoms with Crippen LogP contribution in [0.2, 0.25) is 0 Å². The summed E-state index contributed by atoms with van der Waals surface area (Å²) in [6.45, 7) is 5.56. The van der Waals surface area contributed by atoms with Gasteiger partial charge in [0.15, 0.2) is 0 Å². The number of imidazole rings is 1. The van der Waals surface area contributed by atoms with E-state index in [4.69, 9.17) is 10.5 Å². The predicted octanol–water partition coefficient (Wildman–Crippen LogP) is 4.23. The molecule has 0 radical (unpaired) electrons. The van der Waals surface area contributed by atoms with E-state index < -0.39 is 0 Å². The Morgan fingerprint density at radius 1 is 1.12 bits per heavy atom. The van der Waals surface area contributed by atoms with Gasteiger partial charge in [0, 0.05) is 11.3 Å². The molecule has 0 saturated heterocycles. The van der Waals surface area contributed by atoms with Gasteiger partial charge in [0.2, 0.25) is 0 Å². The second kappa shape index (κ2) is 5.80. The third kappa shape index (κ3) is 2.59. The van der Waals surface area contributed by atoms with Gasteiger partial charge in [-0.3, -0.25) is 0 Å². The summed E-state index contributed by atoms with van der Waals surface area (Å²) in [6.07, 6.45) is 3.10. The van der Waals surface area contributed by atoms with Crippen LogP contribution in [0.25, 0.3) is 27.7 Å². The van der Waals surface area contributed by atoms with Crippen LogP contribution in [0.3, 0.4) is 0 Å². The molecule has 1 aromatic heterocycles. The zero-order chi connectivity index (χ0) is 16.7. The summed E-state index contributed by atoms with van der Waals surface area (Å²) < 4.78 is 5.45. The van der Waals surface area contributed by atoms with E-state index in [1.165, 1.54) is 16.7 Å². The van der Waals surface area contributed by atoms with Crippen molar-refractivity contribution in [1.82, 2.24) is 9.97 Å². The van der Waals surface area contributed by atoms with E-state index in [0.717, 1.165) is 46.7 Å². The topological polar surface area (TPSA) is 63.9 Å². The molecule has 4 heteroatoms. The highest BCUT2D eigenvalue weighted by Crippen LogP contribution is 2.35. The molecule has 0 saturated carbocycles. The van der Waals surface area contributed by atoms with Crippen LogP contribution in [0.4, 0.5) is 5.69 Å². The first-order valence-electron chi connectivity index (χ1n) is 8.26. The summed E-state index contributed by atoms with van der Waals surface area (Å²) in [6, 6.07) is 10.5. The molecule has 0 spiro atoms. The van der Waals surface area contributed by atoms with E-state index in [0.29, 0.717) is 6.61 Å². The predicted molar refractivity (Wildman–Crippen MR) is 98.8 cm³/mol. The largest absolute Gasteiger partial charge is 0.399 e. The Labute approximate surface area is 141 Å². The van der Waals surface area contributed by atoms with Crippen molar-refractivity contribution in [1.29, 1.82) is 0 Å². The van der Waals surface area contributed by atoms with Crippen LogP contribution in [-0.2, 0) is 4.74 Å². The first kappa shape index (κ1) is 15.0. The van der Waals surface area contributed by atoms with Gasteiger partial charge in [-0.1, -0.05) is 12.1 Å². The second-order valence-corrected chi connectivity index (χ2v) is 6.37. The Kier molecular flexibility index (Phi) is 3.62. The smallest absolute Gasteiger partial charge is 0.104 e. The number of ether oxygens (including phenoxy) is 1. The van der Waals surface area contributed by atoms with Gasteiger partial charge in [0.25, 0.3) is 0 Å². The molecule has 0 atom stereocenters. The number of nitrogens with one attached hydrogen (secondary N) is 1. The molecule has 0 amide bonds. The van der Waals surface area contributed by atoms with Crippen molar-refractivity contribution >= 4 is 22.3 Å². The number of aryl methyl sites for hydroxylation is 2. The van der Waals surface area contributed by atoms with Gasteiger partial charge < -0.3 is 15.5 Å². The number of aromatic amines is 1. The highest BCUT2D eigenvalue weighted by atomic mass is 16.5. The van der Waals surface area contributed by atoms with Gasteiger partial charge in [0.05, 0.1) is 24.2 Å². The molecule has 0 fully saturated rings. The van der Waals surface area contributed by atoms with Crippen molar-refractivity contribution in [2.75, 3.05) is 18.9 Å². The number of benzene rings is 2. The number of nitrogens with two attached hydrogens (primary N) is 1. The second-order valence-electron chi connectivity index (χ2n) is 6.37. The highest BCUT2D eigenvalue weighted by molar-refractivity contribution is 5.96. The van der Waals surface area contributed by atoms with Crippen molar-refractivity contribution in [3.63, 3.8) is 0 Å². The minimum Gasteiger partial charge on any atom is -0.399 e. The minimum absolute atomic E-state index is 0.680. The van der Waals surface area contributed by atoms with Crippen LogP contribution in [0.1, 0.15) is 23.4 Å². The molecule has 3 aromatic rings. The van der Waals surface area contributed by atoms with Gasteiger partial charge >= 0.3 is 0 Å². The van der Waals surface area contributed by atoms with E-state index in [2.05, 4.69) is 41.2 Å². The fourth-order valence-corrected chi connectivity index (χ4v) is 3.35. The summed E-state index contributed by atoms with van der Waals surface area (Å²) in [5.41, 5.74) is 14.9. The Balaban J connectivity index is 1.99. The van der Waals surface area contributed by atoms with Crippen molar-refractivity contribution in [2.24, 2.45) is 0 Å². The molecule has 2 heterocycles. The van der Waals surface area contributed by atoms with E-state index in [1.54, 1.807) is 0 Å². The van der Waals surface area contributed by atoms with E-state index >= 15 is 0 Å². The van der Waals surface area contributed by atoms with Crippen LogP contribution < -0.4 is 5.73 Å². The molecule has 4 nitrogen and oxygen atoms in total. The molecule has 4 rings (SSSR count). The lowest BCUT2D eigenvalue weighted by atomic mass is 9.93. The number of H-pyrrole nitrogens is 1. The SMILES string of the molecule is Cc1nc2cc(C3=CCOCC3)cc(-c3cc(N)ccc3C)c2[nH]1. The zero-order valence-electron chi connectivity index (χ0n) is 14.0. The Hall–Kier alpha value is -2.59. The molecule has 0 aliphatic carbocycles. The molecule has 24 heavy (non-hydrogen) atoms. The number of aromatic nitrogens is 2. The number of nitrogens with zero attached hydrogens (tertiary/aromatic N) is 1. The summed E-state index contributed by atoms with van der Waals surface area (Å²) in [7, 11) is 0. The number of nitrogen functional groups attached to an aromatic ring is 1. The molecule has 0 unspecified atom stereocenters. The lowest BCUT2D eigenvalue weighted by Crippen LogP contribution is -2.04. The maximum absolute atomic E-state index is 6.04. The average molecular weight is 319 g/mol. The standard InChI is InChI=1S/C20H21N3O/c1-12-3-4-16(21)11-17(12)18-9-15(14-5-7-24-8-6-14)10-19-20(18)23-13(2)22-19/h3-5,9-11H,6-8,21H2,1-2H3,(H,22,23). The number of hydrogen-bond donors (Lipinski definition) is 2. The summed E-state index contributed by atoms with van der Waals surface area (Å²) in [4.78, 5) is 8.07. The van der Waals surface area contributed by atoms with E-state index in [-0.39, 0.29) is 0 Å². The first-order valence-corrected chi connectivity index (χ1v) is 8.26. The lowest BCUT2D eigenvalue weighted by Gasteiger charge is -2.16. The van der Waals surface area contributed by atoms with E-state index in [1.807, 2.05) is 19.1 Å². The lowest BCUT2D eigenvalue weighted by molar-refractivity contribution is 0.161. The van der Waals surface area contributed by atoms with Crippen LogP contribution >= 0.6 is 0 Å². The van der Waals surface area contributed by atoms with Crippen molar-refractivity contribution in [2.45, 2.75) is 20.3 Å². The first-order chi connectivity index (χ1) is 11.6. The van der Waals surface area contributed by atoms with Crippen molar-refractivity contribution < 1.29 is 4.74 Å². The van der Waals surface area contributed by atoms with E-state index in [9.17, 15) is 0 Å². The minimum atomic E-state index is 0.680. The zero-order valence-corrected chi connectivity index (χ0v) is 14.0. The van der Waals surface area contributed by atoms with Crippen molar-refractivity contribution in [3.05, 3.63) is 53.4 Å². The Morgan fingerprint density at radius 2 is 2.00 bits per heavy atom. The van der Waals surface area contributed by atoms with Gasteiger partial charge in [0.1, 0.15) is 5.82 Å². The molecule has 2 aromatic carbocycles. The fourth-order valence-electron chi connectivity index (χ4n) is 3.35. The van der Waals surface area contributed by atoms with Crippen LogP contribution in [0.5, 0.6) is 0 Å². The fraction of sp³-hybridized carbons (Fsp3) is 0.250. The Bertz CT molecular complexity index is 953. The van der Waals surface area contributed by atoms with Gasteiger partial charge in [-0.05, 0) is 66.8 Å². The van der Waals surface area contributed by atoms with Crippen LogP contribution in [0, 0.1) is 13.8 Å². The van der Waals surface area contributed by atoms with Gasteiger partial charge in [-0.25, -0.2) is 4.98 Å². The van der Waals surface area contributed by atoms with Crippen LogP contribution in [-0.4, -0.2) is 23.2 Å². The third-order valence-corrected chi connectivity index (χ3v) is 4.60.